The van der Waals surface area contributed by atoms with E-state index < -0.39 is 0 Å². The van der Waals surface area contributed by atoms with Gasteiger partial charge in [0.15, 0.2) is 0 Å². The number of hydrogen-bond acceptors (Lipinski definition) is 4. The van der Waals surface area contributed by atoms with E-state index in [4.69, 9.17) is 4.74 Å². The number of carbonyl (C=O) groups excluding carboxylic acids is 2. The zero-order valence-electron chi connectivity index (χ0n) is 19.5. The molecule has 6 heteroatoms. The van der Waals surface area contributed by atoms with Crippen LogP contribution in [-0.4, -0.2) is 59.9 Å². The Morgan fingerprint density at radius 1 is 0.939 bits per heavy atom. The first kappa shape index (κ1) is 23.5. The number of benzene rings is 2. The molecule has 0 aromatic heterocycles. The molecule has 4 rings (SSSR count). The molecule has 0 aliphatic carbocycles. The van der Waals surface area contributed by atoms with Crippen LogP contribution in [0.4, 0.5) is 5.69 Å². The highest BCUT2D eigenvalue weighted by Crippen LogP contribution is 2.27. The van der Waals surface area contributed by atoms with Gasteiger partial charge in [-0.2, -0.15) is 0 Å². The molecular weight excluding hydrogens is 414 g/mol. The van der Waals surface area contributed by atoms with E-state index >= 15 is 0 Å². The Bertz CT molecular complexity index is 908. The summed E-state index contributed by atoms with van der Waals surface area (Å²) in [7, 11) is 0. The highest BCUT2D eigenvalue weighted by atomic mass is 16.5. The van der Waals surface area contributed by atoms with E-state index in [1.165, 1.54) is 25.3 Å². The van der Waals surface area contributed by atoms with Crippen LogP contribution < -0.4 is 5.32 Å². The lowest BCUT2D eigenvalue weighted by Crippen LogP contribution is -2.49. The lowest BCUT2D eigenvalue weighted by atomic mass is 10.0. The number of carbonyl (C=O) groups is 2. The van der Waals surface area contributed by atoms with Crippen molar-refractivity contribution in [1.29, 1.82) is 0 Å². The van der Waals surface area contributed by atoms with E-state index in [2.05, 4.69) is 34.5 Å². The van der Waals surface area contributed by atoms with Crippen molar-refractivity contribution in [3.8, 4) is 0 Å². The van der Waals surface area contributed by atoms with Crippen molar-refractivity contribution >= 4 is 17.5 Å². The van der Waals surface area contributed by atoms with E-state index in [-0.39, 0.29) is 11.8 Å². The topological polar surface area (TPSA) is 61.9 Å². The first-order valence-electron chi connectivity index (χ1n) is 12.1. The smallest absolute Gasteiger partial charge is 0.226 e. The third-order valence-corrected chi connectivity index (χ3v) is 6.76. The summed E-state index contributed by atoms with van der Waals surface area (Å²) in [6.07, 6.45) is 4.89. The van der Waals surface area contributed by atoms with Crippen LogP contribution >= 0.6 is 0 Å². The maximum atomic E-state index is 12.8. The summed E-state index contributed by atoms with van der Waals surface area (Å²) >= 11 is 0. The molecule has 2 aliphatic heterocycles. The van der Waals surface area contributed by atoms with Crippen LogP contribution in [0.25, 0.3) is 0 Å². The van der Waals surface area contributed by atoms with E-state index in [9.17, 15) is 9.59 Å². The zero-order valence-corrected chi connectivity index (χ0v) is 19.5. The number of nitrogens with zero attached hydrogens (tertiary/aromatic N) is 2. The summed E-state index contributed by atoms with van der Waals surface area (Å²) in [5.74, 6) is 0.0922. The van der Waals surface area contributed by atoms with Gasteiger partial charge in [-0.25, -0.2) is 0 Å². The number of anilines is 1. The molecule has 1 N–H and O–H groups in total. The second-order valence-electron chi connectivity index (χ2n) is 9.20. The van der Waals surface area contributed by atoms with Crippen molar-refractivity contribution in [2.75, 3.05) is 31.6 Å². The van der Waals surface area contributed by atoms with E-state index in [1.54, 1.807) is 0 Å². The Hall–Kier alpha value is -2.70. The number of hydrogen-bond donors (Lipinski definition) is 1. The van der Waals surface area contributed by atoms with Gasteiger partial charge in [0.25, 0.3) is 0 Å². The minimum Gasteiger partial charge on any atom is -0.375 e. The number of ether oxygens (including phenoxy) is 1. The Kier molecular flexibility index (Phi) is 8.13. The van der Waals surface area contributed by atoms with Crippen molar-refractivity contribution < 1.29 is 14.3 Å². The summed E-state index contributed by atoms with van der Waals surface area (Å²) in [6.45, 7) is 5.72. The second-order valence-corrected chi connectivity index (χ2v) is 9.20. The largest absolute Gasteiger partial charge is 0.375 e. The third-order valence-electron chi connectivity index (χ3n) is 6.76. The molecule has 0 bridgehead atoms. The molecule has 2 fully saturated rings. The molecule has 2 aliphatic rings. The molecule has 0 radical (unpaired) electrons. The van der Waals surface area contributed by atoms with Gasteiger partial charge in [-0.05, 0) is 55.5 Å². The van der Waals surface area contributed by atoms with Crippen molar-refractivity contribution in [3.63, 3.8) is 0 Å². The van der Waals surface area contributed by atoms with Crippen LogP contribution in [0, 0.1) is 0 Å². The maximum Gasteiger partial charge on any atom is 0.226 e. The molecule has 0 unspecified atom stereocenters. The van der Waals surface area contributed by atoms with Gasteiger partial charge in [-0.1, -0.05) is 42.5 Å². The van der Waals surface area contributed by atoms with Crippen molar-refractivity contribution in [2.24, 2.45) is 0 Å². The number of piperidine rings is 1. The fourth-order valence-electron chi connectivity index (χ4n) is 5.05. The van der Waals surface area contributed by atoms with Crippen LogP contribution in [0.2, 0.25) is 0 Å². The predicted molar refractivity (Wildman–Crippen MR) is 130 cm³/mol. The SMILES string of the molecule is CC(=O)Nc1ccc(CC(=O)N2CCC(N3CCC[C@@H]3COCc3ccccc3)CC2)cc1. The normalized spacial score (nSPS) is 19.5. The zero-order chi connectivity index (χ0) is 23.0. The fraction of sp³-hybridized carbons (Fsp3) is 0.481. The van der Waals surface area contributed by atoms with Crippen LogP contribution in [0.15, 0.2) is 54.6 Å². The lowest BCUT2D eigenvalue weighted by Gasteiger charge is -2.39. The second kappa shape index (κ2) is 11.4. The summed E-state index contributed by atoms with van der Waals surface area (Å²) in [6, 6.07) is 18.9. The first-order chi connectivity index (χ1) is 16.1. The van der Waals surface area contributed by atoms with E-state index in [0.717, 1.165) is 50.3 Å². The minimum atomic E-state index is -0.0929. The third kappa shape index (κ3) is 6.65. The van der Waals surface area contributed by atoms with Crippen molar-refractivity contribution in [1.82, 2.24) is 9.80 Å². The Morgan fingerprint density at radius 3 is 2.36 bits per heavy atom. The minimum absolute atomic E-state index is 0.0929. The summed E-state index contributed by atoms with van der Waals surface area (Å²) in [4.78, 5) is 28.6. The standard InChI is InChI=1S/C27H35N3O3/c1-21(31)28-24-11-9-22(10-12-24)18-27(32)29-16-13-25(14-17-29)30-15-5-8-26(30)20-33-19-23-6-3-2-4-7-23/h2-4,6-7,9-12,25-26H,5,8,13-20H2,1H3,(H,28,31)/t26-/m1/s1. The number of rotatable bonds is 8. The van der Waals surface area contributed by atoms with Gasteiger partial charge in [-0.15, -0.1) is 0 Å². The molecule has 6 nitrogen and oxygen atoms in total. The molecule has 2 aromatic carbocycles. The van der Waals surface area contributed by atoms with Gasteiger partial charge in [-0.3, -0.25) is 14.5 Å². The van der Waals surface area contributed by atoms with Crippen LogP contribution in [0.5, 0.6) is 0 Å². The fourth-order valence-corrected chi connectivity index (χ4v) is 5.05. The van der Waals surface area contributed by atoms with E-state index in [1.807, 2.05) is 35.2 Å². The van der Waals surface area contributed by atoms with Crippen LogP contribution in [-0.2, 0) is 27.4 Å². The lowest BCUT2D eigenvalue weighted by molar-refractivity contribution is -0.132. The molecular formula is C27H35N3O3. The number of likely N-dealkylation sites (tertiary alicyclic amines) is 2. The predicted octanol–water partition coefficient (Wildman–Crippen LogP) is 3.86. The highest BCUT2D eigenvalue weighted by Gasteiger charge is 2.33. The molecule has 0 saturated carbocycles. The molecule has 2 saturated heterocycles. The molecule has 0 spiro atoms. The summed E-state index contributed by atoms with van der Waals surface area (Å²) in [5, 5.41) is 2.76. The average Bonchev–Trinajstić information content (AvgIpc) is 3.29. The summed E-state index contributed by atoms with van der Waals surface area (Å²) < 4.78 is 6.05. The van der Waals surface area contributed by atoms with Gasteiger partial charge in [0.2, 0.25) is 11.8 Å². The van der Waals surface area contributed by atoms with Crippen LogP contribution in [0.1, 0.15) is 43.7 Å². The maximum absolute atomic E-state index is 12.8. The number of nitrogens with one attached hydrogen (secondary N) is 1. The molecule has 2 heterocycles. The van der Waals surface area contributed by atoms with Gasteiger partial charge < -0.3 is 15.0 Å². The van der Waals surface area contributed by atoms with Crippen molar-refractivity contribution in [2.45, 2.75) is 57.7 Å². The van der Waals surface area contributed by atoms with E-state index in [0.29, 0.717) is 25.1 Å². The van der Waals surface area contributed by atoms with Gasteiger partial charge in [0.05, 0.1) is 19.6 Å². The van der Waals surface area contributed by atoms with Gasteiger partial charge in [0, 0.05) is 37.8 Å². The summed E-state index contributed by atoms with van der Waals surface area (Å²) in [5.41, 5.74) is 2.96. The Balaban J connectivity index is 1.21. The molecule has 2 aromatic rings. The monoisotopic (exact) mass is 449 g/mol. The quantitative estimate of drug-likeness (QED) is 0.665. The Morgan fingerprint density at radius 2 is 1.67 bits per heavy atom. The Labute approximate surface area is 196 Å². The van der Waals surface area contributed by atoms with Crippen molar-refractivity contribution in [3.05, 3.63) is 65.7 Å². The molecule has 176 valence electrons. The molecule has 33 heavy (non-hydrogen) atoms. The van der Waals surface area contributed by atoms with Gasteiger partial charge >= 0.3 is 0 Å². The number of amides is 2. The van der Waals surface area contributed by atoms with Gasteiger partial charge in [0.1, 0.15) is 0 Å². The first-order valence-corrected chi connectivity index (χ1v) is 12.1. The average molecular weight is 450 g/mol. The van der Waals surface area contributed by atoms with Crippen LogP contribution in [0.3, 0.4) is 0 Å². The molecule has 1 atom stereocenters. The highest BCUT2D eigenvalue weighted by molar-refractivity contribution is 5.88. The molecule has 2 amide bonds.